The third kappa shape index (κ3) is 47.9. The van der Waals surface area contributed by atoms with Crippen LogP contribution in [0.25, 0.3) is 0 Å². The minimum atomic E-state index is -0.802. The molecule has 0 fully saturated rings. The summed E-state index contributed by atoms with van der Waals surface area (Å²) in [4.78, 5) is 37.8. The van der Waals surface area contributed by atoms with Crippen LogP contribution in [0.15, 0.2) is 72.9 Å². The molecule has 0 bridgehead atoms. The molecule has 0 aliphatic carbocycles. The van der Waals surface area contributed by atoms with Crippen LogP contribution in [0.1, 0.15) is 245 Å². The molecule has 0 radical (unpaired) electrons. The van der Waals surface area contributed by atoms with Gasteiger partial charge in [0, 0.05) is 19.3 Å². The second-order valence-electron chi connectivity index (χ2n) is 17.1. The van der Waals surface area contributed by atoms with Gasteiger partial charge in [-0.3, -0.25) is 14.4 Å². The number of unbranched alkanes of at least 4 members (excludes halogenated alkanes) is 23. The normalized spacial score (nSPS) is 12.6. The van der Waals surface area contributed by atoms with Crippen molar-refractivity contribution >= 4 is 17.9 Å². The summed E-state index contributed by atoms with van der Waals surface area (Å²) < 4.78 is 16.7. The topological polar surface area (TPSA) is 78.9 Å². The van der Waals surface area contributed by atoms with E-state index < -0.39 is 6.10 Å². The molecule has 0 aromatic carbocycles. The maximum atomic E-state index is 12.7. The van der Waals surface area contributed by atoms with Crippen LogP contribution in [0.5, 0.6) is 0 Å². The van der Waals surface area contributed by atoms with E-state index in [1.54, 1.807) is 0 Å². The molecule has 356 valence electrons. The van der Waals surface area contributed by atoms with Gasteiger partial charge in [-0.05, 0) is 83.5 Å². The van der Waals surface area contributed by atoms with Crippen molar-refractivity contribution in [3.05, 3.63) is 72.9 Å². The van der Waals surface area contributed by atoms with Gasteiger partial charge in [0.05, 0.1) is 0 Å². The lowest BCUT2D eigenvalue weighted by Crippen LogP contribution is -2.30. The summed E-state index contributed by atoms with van der Waals surface area (Å²) in [5.74, 6) is -0.961. The molecule has 0 aliphatic heterocycles. The smallest absolute Gasteiger partial charge is 0.306 e. The summed E-state index contributed by atoms with van der Waals surface area (Å²) in [6.45, 7) is 6.44. The van der Waals surface area contributed by atoms with Gasteiger partial charge in [-0.25, -0.2) is 0 Å². The van der Waals surface area contributed by atoms with E-state index in [0.717, 1.165) is 77.0 Å². The molecule has 6 heteroatoms. The van der Waals surface area contributed by atoms with Crippen molar-refractivity contribution in [1.82, 2.24) is 0 Å². The average molecular weight is 865 g/mol. The van der Waals surface area contributed by atoms with Crippen molar-refractivity contribution in [3.63, 3.8) is 0 Å². The molecule has 0 saturated heterocycles. The molecule has 1 unspecified atom stereocenters. The van der Waals surface area contributed by atoms with Crippen molar-refractivity contribution in [2.45, 2.75) is 252 Å². The van der Waals surface area contributed by atoms with Crippen LogP contribution in [0.4, 0.5) is 0 Å². The Balaban J connectivity index is 4.36. The van der Waals surface area contributed by atoms with Crippen LogP contribution in [0, 0.1) is 0 Å². The van der Waals surface area contributed by atoms with E-state index in [4.69, 9.17) is 14.2 Å². The molecular formula is C56H96O6. The number of carbonyl (C=O) groups excluding carboxylic acids is 3. The van der Waals surface area contributed by atoms with Crippen LogP contribution in [0.3, 0.4) is 0 Å². The van der Waals surface area contributed by atoms with Gasteiger partial charge < -0.3 is 14.2 Å². The fourth-order valence-corrected chi connectivity index (χ4v) is 7.06. The van der Waals surface area contributed by atoms with Crippen molar-refractivity contribution in [2.75, 3.05) is 13.2 Å². The predicted octanol–water partition coefficient (Wildman–Crippen LogP) is 17.0. The van der Waals surface area contributed by atoms with Gasteiger partial charge in [0.25, 0.3) is 0 Å². The van der Waals surface area contributed by atoms with Crippen molar-refractivity contribution in [2.24, 2.45) is 0 Å². The fourth-order valence-electron chi connectivity index (χ4n) is 7.06. The van der Waals surface area contributed by atoms with Gasteiger partial charge in [0.1, 0.15) is 13.2 Å². The van der Waals surface area contributed by atoms with Gasteiger partial charge in [-0.15, -0.1) is 0 Å². The van der Waals surface area contributed by atoms with Crippen LogP contribution < -0.4 is 0 Å². The lowest BCUT2D eigenvalue weighted by Gasteiger charge is -2.18. The highest BCUT2D eigenvalue weighted by Crippen LogP contribution is 2.14. The van der Waals surface area contributed by atoms with Crippen LogP contribution in [0.2, 0.25) is 0 Å². The zero-order valence-corrected chi connectivity index (χ0v) is 40.6. The fraction of sp³-hybridized carbons (Fsp3) is 0.732. The van der Waals surface area contributed by atoms with Crippen LogP contribution in [-0.2, 0) is 28.6 Å². The Morgan fingerprint density at radius 1 is 0.339 bits per heavy atom. The number of carbonyl (C=O) groups is 3. The van der Waals surface area contributed by atoms with E-state index in [0.29, 0.717) is 19.3 Å². The Hall–Kier alpha value is -3.15. The summed E-state index contributed by atoms with van der Waals surface area (Å²) in [6, 6.07) is 0. The number of allylic oxidation sites excluding steroid dienone is 12. The first-order valence-corrected chi connectivity index (χ1v) is 25.9. The zero-order valence-electron chi connectivity index (χ0n) is 40.6. The van der Waals surface area contributed by atoms with E-state index in [1.807, 2.05) is 0 Å². The Kier molecular flexibility index (Phi) is 47.9. The summed E-state index contributed by atoms with van der Waals surface area (Å²) >= 11 is 0. The molecular weight excluding hydrogens is 769 g/mol. The number of esters is 3. The van der Waals surface area contributed by atoms with Crippen LogP contribution in [-0.4, -0.2) is 37.2 Å². The molecule has 0 heterocycles. The Morgan fingerprint density at radius 2 is 0.645 bits per heavy atom. The molecule has 0 N–H and O–H groups in total. The number of ether oxygens (including phenoxy) is 3. The molecule has 6 nitrogen and oxygen atoms in total. The Bertz CT molecular complexity index is 1180. The molecule has 1 atom stereocenters. The number of rotatable bonds is 46. The summed E-state index contributed by atoms with van der Waals surface area (Å²) in [6.07, 6.45) is 63.3. The maximum Gasteiger partial charge on any atom is 0.306 e. The summed E-state index contributed by atoms with van der Waals surface area (Å²) in [5.41, 5.74) is 0. The molecule has 0 amide bonds. The third-order valence-electron chi connectivity index (χ3n) is 10.9. The molecule has 0 aliphatic rings. The Morgan fingerprint density at radius 3 is 1.05 bits per heavy atom. The highest BCUT2D eigenvalue weighted by molar-refractivity contribution is 5.71. The first-order chi connectivity index (χ1) is 30.5. The molecule has 0 rings (SSSR count). The molecule has 0 spiro atoms. The minimum absolute atomic E-state index is 0.0976. The van der Waals surface area contributed by atoms with E-state index in [-0.39, 0.29) is 37.5 Å². The molecule has 0 saturated carbocycles. The first-order valence-electron chi connectivity index (χ1n) is 25.9. The summed E-state index contributed by atoms with van der Waals surface area (Å²) in [5, 5.41) is 0. The number of hydrogen-bond acceptors (Lipinski definition) is 6. The number of hydrogen-bond donors (Lipinski definition) is 0. The van der Waals surface area contributed by atoms with Gasteiger partial charge in [0.2, 0.25) is 0 Å². The van der Waals surface area contributed by atoms with E-state index in [1.165, 1.54) is 122 Å². The largest absolute Gasteiger partial charge is 0.462 e. The van der Waals surface area contributed by atoms with Crippen molar-refractivity contribution < 1.29 is 28.6 Å². The minimum Gasteiger partial charge on any atom is -0.462 e. The molecule has 0 aromatic heterocycles. The molecule has 62 heavy (non-hydrogen) atoms. The second-order valence-corrected chi connectivity index (χ2v) is 17.1. The lowest BCUT2D eigenvalue weighted by molar-refractivity contribution is -0.167. The molecule has 0 aromatic rings. The van der Waals surface area contributed by atoms with E-state index in [9.17, 15) is 14.4 Å². The van der Waals surface area contributed by atoms with Gasteiger partial charge in [-0.2, -0.15) is 0 Å². The van der Waals surface area contributed by atoms with Crippen LogP contribution >= 0.6 is 0 Å². The lowest BCUT2D eigenvalue weighted by atomic mass is 10.1. The average Bonchev–Trinajstić information content (AvgIpc) is 3.27. The Labute approximate surface area is 382 Å². The SMILES string of the molecule is CC/C=C\C/C=C\C/C=C\C/C=C\C/C=C\CCCC(=O)OC(COC(=O)CCCCCCCCCC)COC(=O)CCCCCCCCCCC/C=C\CCCCCCCC. The van der Waals surface area contributed by atoms with Gasteiger partial charge in [0.15, 0.2) is 6.10 Å². The zero-order chi connectivity index (χ0) is 45.1. The van der Waals surface area contributed by atoms with Gasteiger partial charge in [-0.1, -0.05) is 216 Å². The quantitative estimate of drug-likeness (QED) is 0.0262. The monoisotopic (exact) mass is 865 g/mol. The van der Waals surface area contributed by atoms with Crippen molar-refractivity contribution in [3.8, 4) is 0 Å². The highest BCUT2D eigenvalue weighted by atomic mass is 16.6. The van der Waals surface area contributed by atoms with Gasteiger partial charge >= 0.3 is 17.9 Å². The van der Waals surface area contributed by atoms with E-state index >= 15 is 0 Å². The standard InChI is InChI=1S/C56H96O6/c1-4-7-10-13-16-19-21-23-25-27-28-30-31-33-35-37-40-43-46-49-55(58)61-52-53(51-60-54(57)48-45-42-39-18-15-12-9-6-3)62-56(59)50-47-44-41-38-36-34-32-29-26-24-22-20-17-14-11-8-5-2/h8,11,17,20,23-26,32,34,38,41,53H,4-7,9-10,12-16,18-19,21-22,27-31,33,35-37,39-40,42-52H2,1-3H3/b11-8-,20-17-,25-23-,26-24-,34-32-,41-38-. The predicted molar refractivity (Wildman–Crippen MR) is 265 cm³/mol. The maximum absolute atomic E-state index is 12.7. The first kappa shape index (κ1) is 58.9. The van der Waals surface area contributed by atoms with Crippen molar-refractivity contribution in [1.29, 1.82) is 0 Å². The highest BCUT2D eigenvalue weighted by Gasteiger charge is 2.19. The summed E-state index contributed by atoms with van der Waals surface area (Å²) in [7, 11) is 0. The third-order valence-corrected chi connectivity index (χ3v) is 10.9. The second kappa shape index (κ2) is 50.5. The van der Waals surface area contributed by atoms with E-state index in [2.05, 4.69) is 93.7 Å².